The highest BCUT2D eigenvalue weighted by molar-refractivity contribution is 5.71. The van der Waals surface area contributed by atoms with Crippen molar-refractivity contribution in [2.45, 2.75) is 58.0 Å². The molecule has 0 aliphatic heterocycles. The Hall–Kier alpha value is -0.830. The van der Waals surface area contributed by atoms with Crippen LogP contribution in [0.5, 0.6) is 0 Å². The van der Waals surface area contributed by atoms with E-state index in [1.807, 2.05) is 0 Å². The predicted octanol–water partition coefficient (Wildman–Crippen LogP) is 3.72. The van der Waals surface area contributed by atoms with Gasteiger partial charge in [-0.15, -0.1) is 0 Å². The largest absolute Gasteiger partial charge is 0.481 e. The van der Waals surface area contributed by atoms with E-state index in [0.717, 1.165) is 43.9 Å². The monoisotopic (exact) mass is 330 g/mol. The highest BCUT2D eigenvalue weighted by Gasteiger charge is 2.70. The zero-order valence-corrected chi connectivity index (χ0v) is 14.6. The quantitative estimate of drug-likeness (QED) is 0.610. The van der Waals surface area contributed by atoms with Crippen molar-refractivity contribution in [3.05, 3.63) is 12.2 Å². The summed E-state index contributed by atoms with van der Waals surface area (Å²) in [4.78, 5) is 11.9. The van der Waals surface area contributed by atoms with Crippen LogP contribution in [-0.2, 0) is 4.79 Å². The highest BCUT2D eigenvalue weighted by Crippen LogP contribution is 2.74. The van der Waals surface area contributed by atoms with Crippen LogP contribution in [0.3, 0.4) is 0 Å². The van der Waals surface area contributed by atoms with Gasteiger partial charge in [0.05, 0.1) is 12.0 Å². The maximum Gasteiger partial charge on any atom is 0.306 e. The molecule has 0 aromatic rings. The van der Waals surface area contributed by atoms with E-state index >= 15 is 0 Å². The molecule has 5 aliphatic rings. The van der Waals surface area contributed by atoms with Crippen molar-refractivity contribution in [1.82, 2.24) is 0 Å². The molecular formula is C21H30O3. The SMILES string of the molecule is CC(CC1CCC(O)C1)C12CC(C(=O)O)C(C1)C1C3C=CC(C3)C12. The Morgan fingerprint density at radius 2 is 2.00 bits per heavy atom. The van der Waals surface area contributed by atoms with E-state index in [0.29, 0.717) is 29.6 Å². The second-order valence-corrected chi connectivity index (χ2v) is 9.77. The van der Waals surface area contributed by atoms with Gasteiger partial charge in [-0.25, -0.2) is 0 Å². The van der Waals surface area contributed by atoms with Gasteiger partial charge >= 0.3 is 5.97 Å². The van der Waals surface area contributed by atoms with Crippen molar-refractivity contribution in [3.63, 3.8) is 0 Å². The third-order valence-electron chi connectivity index (χ3n) is 8.91. The molecule has 3 nitrogen and oxygen atoms in total. The van der Waals surface area contributed by atoms with Crippen LogP contribution >= 0.6 is 0 Å². The van der Waals surface area contributed by atoms with E-state index in [2.05, 4.69) is 19.1 Å². The van der Waals surface area contributed by atoms with Crippen LogP contribution in [0.4, 0.5) is 0 Å². The predicted molar refractivity (Wildman–Crippen MR) is 91.1 cm³/mol. The van der Waals surface area contributed by atoms with Gasteiger partial charge in [-0.05, 0) is 91.8 Å². The molecule has 5 rings (SSSR count). The van der Waals surface area contributed by atoms with Crippen molar-refractivity contribution in [2.24, 2.45) is 52.8 Å². The Labute approximate surface area is 144 Å². The average molecular weight is 330 g/mol. The first-order chi connectivity index (χ1) is 11.5. The fourth-order valence-electron chi connectivity index (χ4n) is 8.15. The molecule has 0 radical (unpaired) electrons. The second kappa shape index (κ2) is 5.09. The van der Waals surface area contributed by atoms with Crippen molar-refractivity contribution in [3.8, 4) is 0 Å². The van der Waals surface area contributed by atoms with E-state index in [1.54, 1.807) is 0 Å². The third kappa shape index (κ3) is 1.91. The molecule has 24 heavy (non-hydrogen) atoms. The number of aliphatic hydroxyl groups excluding tert-OH is 1. The molecule has 10 unspecified atom stereocenters. The summed E-state index contributed by atoms with van der Waals surface area (Å²) in [6.07, 6.45) is 12.4. The van der Waals surface area contributed by atoms with Crippen LogP contribution in [0.15, 0.2) is 12.2 Å². The van der Waals surface area contributed by atoms with Gasteiger partial charge in [-0.2, -0.15) is 0 Å². The fraction of sp³-hybridized carbons (Fsp3) is 0.857. The van der Waals surface area contributed by atoms with Crippen molar-refractivity contribution in [2.75, 3.05) is 0 Å². The summed E-state index contributed by atoms with van der Waals surface area (Å²) >= 11 is 0. The molecule has 4 bridgehead atoms. The first-order valence-electron chi connectivity index (χ1n) is 10.1. The van der Waals surface area contributed by atoms with Gasteiger partial charge in [0.2, 0.25) is 0 Å². The Morgan fingerprint density at radius 3 is 2.71 bits per heavy atom. The van der Waals surface area contributed by atoms with E-state index < -0.39 is 5.97 Å². The lowest BCUT2D eigenvalue weighted by Gasteiger charge is -2.46. The van der Waals surface area contributed by atoms with E-state index in [4.69, 9.17) is 0 Å². The normalized spacial score (nSPS) is 55.2. The van der Waals surface area contributed by atoms with Gasteiger partial charge in [0.1, 0.15) is 0 Å². The van der Waals surface area contributed by atoms with Crippen molar-refractivity contribution < 1.29 is 15.0 Å². The Balaban J connectivity index is 1.44. The summed E-state index contributed by atoms with van der Waals surface area (Å²) in [5, 5.41) is 19.7. The molecular weight excluding hydrogens is 300 g/mol. The van der Waals surface area contributed by atoms with Gasteiger partial charge in [0.25, 0.3) is 0 Å². The number of allylic oxidation sites excluding steroid dienone is 2. The number of carbonyl (C=O) groups is 1. The molecule has 132 valence electrons. The molecule has 4 saturated carbocycles. The molecule has 0 aromatic carbocycles. The molecule has 0 aromatic heterocycles. The van der Waals surface area contributed by atoms with Gasteiger partial charge in [0.15, 0.2) is 0 Å². The Morgan fingerprint density at radius 1 is 1.21 bits per heavy atom. The van der Waals surface area contributed by atoms with E-state index in [9.17, 15) is 15.0 Å². The lowest BCUT2D eigenvalue weighted by molar-refractivity contribution is -0.146. The number of hydrogen-bond donors (Lipinski definition) is 2. The minimum atomic E-state index is -0.546. The topological polar surface area (TPSA) is 57.5 Å². The van der Waals surface area contributed by atoms with Crippen LogP contribution in [0, 0.1) is 52.8 Å². The first-order valence-corrected chi connectivity index (χ1v) is 10.1. The highest BCUT2D eigenvalue weighted by atomic mass is 16.4. The van der Waals surface area contributed by atoms with Crippen molar-refractivity contribution in [1.29, 1.82) is 0 Å². The van der Waals surface area contributed by atoms with Gasteiger partial charge < -0.3 is 10.2 Å². The van der Waals surface area contributed by atoms with Gasteiger partial charge in [-0.3, -0.25) is 4.79 Å². The Bertz CT molecular complexity index is 584. The van der Waals surface area contributed by atoms with Crippen LogP contribution in [0.2, 0.25) is 0 Å². The number of rotatable bonds is 4. The average Bonchev–Trinajstić information content (AvgIpc) is 3.32. The van der Waals surface area contributed by atoms with Crippen LogP contribution in [0.1, 0.15) is 51.9 Å². The van der Waals surface area contributed by atoms with E-state index in [1.165, 1.54) is 12.8 Å². The second-order valence-electron chi connectivity index (χ2n) is 9.77. The minimum Gasteiger partial charge on any atom is -0.481 e. The fourth-order valence-corrected chi connectivity index (χ4v) is 8.15. The number of aliphatic hydroxyl groups is 1. The lowest BCUT2D eigenvalue weighted by atomic mass is 9.58. The van der Waals surface area contributed by atoms with Crippen LogP contribution < -0.4 is 0 Å². The summed E-state index contributed by atoms with van der Waals surface area (Å²) in [6, 6.07) is 0. The Kier molecular flexibility index (Phi) is 3.27. The molecule has 0 amide bonds. The summed E-state index contributed by atoms with van der Waals surface area (Å²) < 4.78 is 0. The number of carboxylic acid groups (broad SMARTS) is 1. The molecule has 0 saturated heterocycles. The maximum atomic E-state index is 11.9. The molecule has 5 aliphatic carbocycles. The van der Waals surface area contributed by atoms with Crippen molar-refractivity contribution >= 4 is 5.97 Å². The molecule has 0 heterocycles. The summed E-state index contributed by atoms with van der Waals surface area (Å²) in [7, 11) is 0. The van der Waals surface area contributed by atoms with Gasteiger partial charge in [-0.1, -0.05) is 19.1 Å². The third-order valence-corrected chi connectivity index (χ3v) is 8.91. The molecule has 4 fully saturated rings. The smallest absolute Gasteiger partial charge is 0.306 e. The molecule has 2 N–H and O–H groups in total. The minimum absolute atomic E-state index is 0.0930. The van der Waals surface area contributed by atoms with E-state index in [-0.39, 0.29) is 17.4 Å². The van der Waals surface area contributed by atoms with Gasteiger partial charge in [0, 0.05) is 0 Å². The molecule has 10 atom stereocenters. The number of carboxylic acids is 1. The molecule has 0 spiro atoms. The number of aliphatic carboxylic acids is 1. The summed E-state index contributed by atoms with van der Waals surface area (Å²) in [5.74, 6) is 3.80. The standard InChI is InChI=1S/C21H30O3/c1-11(6-12-2-5-15(22)7-12)21-9-16(17(10-21)20(23)24)18-13-3-4-14(8-13)19(18)21/h3-4,11-19,22H,2,5-10H2,1H3,(H,23,24). The number of fused-ring (bicyclic) bond motifs is 9. The number of hydrogen-bond acceptors (Lipinski definition) is 2. The maximum absolute atomic E-state index is 11.9. The van der Waals surface area contributed by atoms with Crippen LogP contribution in [0.25, 0.3) is 0 Å². The van der Waals surface area contributed by atoms with Crippen LogP contribution in [-0.4, -0.2) is 22.3 Å². The first kappa shape index (κ1) is 15.4. The zero-order valence-electron chi connectivity index (χ0n) is 14.6. The molecule has 3 heteroatoms. The summed E-state index contributed by atoms with van der Waals surface area (Å²) in [6.45, 7) is 2.41. The lowest BCUT2D eigenvalue weighted by Crippen LogP contribution is -2.42. The zero-order chi connectivity index (χ0) is 16.6. The summed E-state index contributed by atoms with van der Waals surface area (Å²) in [5.41, 5.74) is 0.260.